The van der Waals surface area contributed by atoms with Crippen LogP contribution in [0.3, 0.4) is 0 Å². The lowest BCUT2D eigenvalue weighted by Crippen LogP contribution is -2.52. The molecule has 1 aliphatic heterocycles. The van der Waals surface area contributed by atoms with Gasteiger partial charge in [0.15, 0.2) is 0 Å². The third-order valence-electron chi connectivity index (χ3n) is 2.60. The largest absolute Gasteiger partial charge is 0.726 e. The zero-order chi connectivity index (χ0) is 18.1. The Labute approximate surface area is 132 Å². The van der Waals surface area contributed by atoms with Gasteiger partial charge in [-0.05, 0) is 6.92 Å². The third-order valence-corrected chi connectivity index (χ3v) is 3.97. The summed E-state index contributed by atoms with van der Waals surface area (Å²) in [4.78, 5) is 0. The van der Waals surface area contributed by atoms with E-state index >= 15 is 0 Å². The first kappa shape index (κ1) is 20.6. The maximum absolute atomic E-state index is 10.7. The van der Waals surface area contributed by atoms with Gasteiger partial charge in [0.05, 0.1) is 18.8 Å². The fourth-order valence-electron chi connectivity index (χ4n) is 1.92. The number of hydrogen-bond acceptors (Lipinski definition) is 13. The van der Waals surface area contributed by atoms with Gasteiger partial charge in [-0.1, -0.05) is 0 Å². The minimum atomic E-state index is -5.31. The highest BCUT2D eigenvalue weighted by atomic mass is 32.3. The van der Waals surface area contributed by atoms with Crippen LogP contribution in [0.2, 0.25) is 0 Å². The van der Waals surface area contributed by atoms with Gasteiger partial charge < -0.3 is 18.4 Å². The van der Waals surface area contributed by atoms with Crippen molar-refractivity contribution < 1.29 is 56.2 Å². The highest BCUT2D eigenvalue weighted by Gasteiger charge is 2.41. The average Bonchev–Trinajstić information content (AvgIpc) is 2.27. The van der Waals surface area contributed by atoms with Crippen LogP contribution in [0.1, 0.15) is 13.3 Å². The molecule has 1 heterocycles. The monoisotopic (exact) mass is 399 g/mol. The van der Waals surface area contributed by atoms with Crippen LogP contribution in [0.4, 0.5) is 0 Å². The van der Waals surface area contributed by atoms with Crippen LogP contribution in [0, 0.1) is 0 Å². The van der Waals surface area contributed by atoms with Gasteiger partial charge in [-0.2, -0.15) is 0 Å². The molecule has 0 aliphatic carbocycles. The van der Waals surface area contributed by atoms with Gasteiger partial charge in [0, 0.05) is 6.42 Å². The van der Waals surface area contributed by atoms with Crippen molar-refractivity contribution in [1.29, 1.82) is 0 Å². The molecule has 16 heteroatoms. The van der Waals surface area contributed by atoms with Gasteiger partial charge >= 0.3 is 0 Å². The molecule has 0 spiro atoms. The first-order valence-electron chi connectivity index (χ1n) is 5.70. The molecule has 23 heavy (non-hydrogen) atoms. The van der Waals surface area contributed by atoms with E-state index in [1.807, 2.05) is 0 Å². The third kappa shape index (κ3) is 8.29. The minimum Gasteiger partial charge on any atom is -0.726 e. The number of ether oxygens (including phenoxy) is 1. The first-order valence-corrected chi connectivity index (χ1v) is 9.70. The molecule has 2 unspecified atom stereocenters. The maximum atomic E-state index is 10.7. The van der Waals surface area contributed by atoms with E-state index < -0.39 is 68.6 Å². The average molecular weight is 399 g/mol. The van der Waals surface area contributed by atoms with Gasteiger partial charge in [-0.15, -0.1) is 0 Å². The van der Waals surface area contributed by atoms with Crippen LogP contribution in [0.15, 0.2) is 0 Å². The van der Waals surface area contributed by atoms with Crippen LogP contribution in [0.25, 0.3) is 0 Å². The highest BCUT2D eigenvalue weighted by molar-refractivity contribution is 7.81. The van der Waals surface area contributed by atoms with Gasteiger partial charge in [0.1, 0.15) is 12.2 Å². The molecule has 0 amide bonds. The molecule has 138 valence electrons. The molecule has 0 bridgehead atoms. The zero-order valence-corrected chi connectivity index (χ0v) is 13.7. The molecule has 0 N–H and O–H groups in total. The Hall–Kier alpha value is -0.430. The topological polar surface area (TPSA) is 209 Å². The molecule has 0 aromatic rings. The quantitative estimate of drug-likeness (QED) is 0.316. The molecule has 1 aliphatic rings. The van der Waals surface area contributed by atoms with Crippen molar-refractivity contribution in [2.45, 2.75) is 37.8 Å². The van der Waals surface area contributed by atoms with Crippen LogP contribution < -0.4 is 0 Å². The molecule has 1 rings (SSSR count). The van der Waals surface area contributed by atoms with Crippen LogP contribution in [-0.2, 0) is 48.5 Å². The second-order valence-electron chi connectivity index (χ2n) is 4.40. The minimum absolute atomic E-state index is 0.596. The van der Waals surface area contributed by atoms with Crippen molar-refractivity contribution in [3.05, 3.63) is 0 Å². The normalized spacial score (nSPS) is 30.3. The predicted octanol–water partition coefficient (Wildman–Crippen LogP) is -2.67. The Kier molecular flexibility index (Phi) is 6.47. The molecule has 1 saturated heterocycles. The second-order valence-corrected chi connectivity index (χ2v) is 7.47. The Morgan fingerprint density at radius 3 is 1.91 bits per heavy atom. The van der Waals surface area contributed by atoms with E-state index in [0.29, 0.717) is 0 Å². The molecule has 0 radical (unpaired) electrons. The van der Waals surface area contributed by atoms with Crippen molar-refractivity contribution >= 4 is 31.2 Å². The van der Waals surface area contributed by atoms with Crippen LogP contribution in [0.5, 0.6) is 0 Å². The van der Waals surface area contributed by atoms with Crippen molar-refractivity contribution in [3.8, 4) is 0 Å². The summed E-state index contributed by atoms with van der Waals surface area (Å²) < 4.78 is 112. The van der Waals surface area contributed by atoms with Crippen LogP contribution in [-0.4, -0.2) is 69.9 Å². The zero-order valence-electron chi connectivity index (χ0n) is 11.3. The molecular weight excluding hydrogens is 388 g/mol. The van der Waals surface area contributed by atoms with Gasteiger partial charge in [0.2, 0.25) is 31.2 Å². The summed E-state index contributed by atoms with van der Waals surface area (Å²) in [6.45, 7) is 0.299. The van der Waals surface area contributed by atoms with E-state index in [0.717, 1.165) is 6.92 Å². The Bertz CT molecular complexity index is 707. The summed E-state index contributed by atoms with van der Waals surface area (Å²) in [5, 5.41) is 0. The van der Waals surface area contributed by atoms with E-state index in [-0.39, 0.29) is 0 Å². The fraction of sp³-hybridized carbons (Fsp3) is 1.00. The molecule has 4 atom stereocenters. The van der Waals surface area contributed by atoms with E-state index in [9.17, 15) is 38.9 Å². The summed E-state index contributed by atoms with van der Waals surface area (Å²) in [6, 6.07) is 0. The Morgan fingerprint density at radius 2 is 1.48 bits per heavy atom. The lowest BCUT2D eigenvalue weighted by atomic mass is 9.99. The molecule has 1 fully saturated rings. The summed E-state index contributed by atoms with van der Waals surface area (Å²) >= 11 is 0. The van der Waals surface area contributed by atoms with Gasteiger partial charge in [-0.25, -0.2) is 25.3 Å². The molecule has 0 aromatic heterocycles. The Balaban J connectivity index is 2.93. The van der Waals surface area contributed by atoms with E-state index in [2.05, 4.69) is 12.5 Å². The summed E-state index contributed by atoms with van der Waals surface area (Å²) in [7, 11) is -15.7. The van der Waals surface area contributed by atoms with E-state index in [4.69, 9.17) is 4.74 Å². The Morgan fingerprint density at radius 1 is 0.957 bits per heavy atom. The standard InChI is InChI=1S/C7H14O13S3/c1-4-7(20-23(14,15)16)6(19-22(11,12)13)2-5(18-4)3-17-21(8,9)10/h4-7H,2-3H2,1H3,(H,8,9,10)(H,11,12,13)(H,14,15,16)/p-3/t4-,5?,6-,7?/m0/s1. The SMILES string of the molecule is C[C@@H]1OC(COS(=O)(=O)[O-])C[C@H](OS(=O)(=O)[O-])C1OS(=O)(=O)[O-]. The maximum Gasteiger partial charge on any atom is 0.218 e. The predicted molar refractivity (Wildman–Crippen MR) is 63.7 cm³/mol. The lowest BCUT2D eigenvalue weighted by Gasteiger charge is -2.39. The van der Waals surface area contributed by atoms with Gasteiger partial charge in [-0.3, -0.25) is 12.5 Å². The van der Waals surface area contributed by atoms with Crippen molar-refractivity contribution in [1.82, 2.24) is 0 Å². The number of hydrogen-bond donors (Lipinski definition) is 0. The van der Waals surface area contributed by atoms with Crippen molar-refractivity contribution in [3.63, 3.8) is 0 Å². The fourth-order valence-corrected chi connectivity index (χ4v) is 3.28. The highest BCUT2D eigenvalue weighted by Crippen LogP contribution is 2.27. The van der Waals surface area contributed by atoms with E-state index in [1.54, 1.807) is 0 Å². The first-order chi connectivity index (χ1) is 10.2. The molecule has 0 aromatic carbocycles. The van der Waals surface area contributed by atoms with E-state index in [1.165, 1.54) is 0 Å². The molecular formula is C7H11O13S3-3. The van der Waals surface area contributed by atoms with Crippen molar-refractivity contribution in [2.24, 2.45) is 0 Å². The second kappa shape index (κ2) is 7.21. The smallest absolute Gasteiger partial charge is 0.218 e. The van der Waals surface area contributed by atoms with Gasteiger partial charge in [0.25, 0.3) is 0 Å². The molecule has 13 nitrogen and oxygen atoms in total. The van der Waals surface area contributed by atoms with Crippen molar-refractivity contribution in [2.75, 3.05) is 6.61 Å². The molecule has 0 saturated carbocycles. The van der Waals surface area contributed by atoms with Crippen LogP contribution >= 0.6 is 0 Å². The summed E-state index contributed by atoms with van der Waals surface area (Å²) in [5.74, 6) is 0. The summed E-state index contributed by atoms with van der Waals surface area (Å²) in [6.07, 6.45) is -6.69. The lowest BCUT2D eigenvalue weighted by molar-refractivity contribution is -0.154. The number of rotatable bonds is 7. The summed E-state index contributed by atoms with van der Waals surface area (Å²) in [5.41, 5.74) is 0.